The summed E-state index contributed by atoms with van der Waals surface area (Å²) in [4.78, 5) is 0. The third-order valence-electron chi connectivity index (χ3n) is 2.36. The van der Waals surface area contributed by atoms with E-state index in [-0.39, 0.29) is 0 Å². The van der Waals surface area contributed by atoms with Crippen LogP contribution < -0.4 is 11.6 Å². The Morgan fingerprint density at radius 3 is 2.67 bits per heavy atom. The molecular weight excluding hydrogens is 250 g/mol. The number of aromatic nitrogens is 3. The van der Waals surface area contributed by atoms with E-state index in [1.165, 1.54) is 16.4 Å². The number of benzene rings is 1. The van der Waals surface area contributed by atoms with E-state index >= 15 is 0 Å². The van der Waals surface area contributed by atoms with Crippen molar-refractivity contribution < 1.29 is 4.74 Å². The number of nitrogens with zero attached hydrogens (tertiary/aromatic N) is 3. The van der Waals surface area contributed by atoms with Crippen LogP contribution in [0.1, 0.15) is 11.4 Å². The monoisotopic (exact) mass is 265 g/mol. The molecule has 0 amide bonds. The van der Waals surface area contributed by atoms with Crippen LogP contribution in [0.5, 0.6) is 0 Å². The van der Waals surface area contributed by atoms with E-state index in [0.29, 0.717) is 17.6 Å². The summed E-state index contributed by atoms with van der Waals surface area (Å²) in [5.41, 5.74) is 7.54. The highest BCUT2D eigenvalue weighted by Gasteiger charge is 2.09. The number of ether oxygens (including phenoxy) is 1. The van der Waals surface area contributed by atoms with Crippen molar-refractivity contribution in [2.75, 3.05) is 18.7 Å². The van der Waals surface area contributed by atoms with Gasteiger partial charge in [-0.3, -0.25) is 0 Å². The highest BCUT2D eigenvalue weighted by molar-refractivity contribution is 7.98. The third-order valence-corrected chi connectivity index (χ3v) is 3.37. The topological polar surface area (TPSA) is 92.0 Å². The molecule has 7 heteroatoms. The summed E-state index contributed by atoms with van der Waals surface area (Å²) in [6.07, 6.45) is 0. The first kappa shape index (κ1) is 12.7. The van der Waals surface area contributed by atoms with E-state index in [0.717, 1.165) is 17.0 Å². The van der Waals surface area contributed by atoms with E-state index < -0.39 is 0 Å². The summed E-state index contributed by atoms with van der Waals surface area (Å²) in [7, 11) is 1.59. The van der Waals surface area contributed by atoms with Crippen molar-refractivity contribution in [1.82, 2.24) is 14.9 Å². The van der Waals surface area contributed by atoms with E-state index in [1.54, 1.807) is 7.11 Å². The quantitative estimate of drug-likeness (QED) is 0.476. The van der Waals surface area contributed by atoms with Crippen LogP contribution in [0.4, 0.5) is 5.69 Å². The first-order valence-electron chi connectivity index (χ1n) is 5.36. The van der Waals surface area contributed by atoms with Crippen LogP contribution in [0.25, 0.3) is 0 Å². The molecule has 0 aliphatic rings. The second kappa shape index (κ2) is 5.74. The SMILES string of the molecule is COCc1nnc(SCc2ccc(N)cc2)n1N. The minimum absolute atomic E-state index is 0.353. The molecule has 0 fully saturated rings. The first-order valence-corrected chi connectivity index (χ1v) is 6.35. The molecule has 0 spiro atoms. The maximum Gasteiger partial charge on any atom is 0.210 e. The molecule has 1 heterocycles. The first-order chi connectivity index (χ1) is 8.70. The Labute approximate surface area is 109 Å². The van der Waals surface area contributed by atoms with Crippen LogP contribution in [0.15, 0.2) is 29.4 Å². The Bertz CT molecular complexity index is 511. The lowest BCUT2D eigenvalue weighted by Crippen LogP contribution is -2.14. The molecule has 18 heavy (non-hydrogen) atoms. The van der Waals surface area contributed by atoms with Crippen molar-refractivity contribution in [3.05, 3.63) is 35.7 Å². The second-order valence-electron chi connectivity index (χ2n) is 3.73. The van der Waals surface area contributed by atoms with E-state index in [4.69, 9.17) is 16.3 Å². The van der Waals surface area contributed by atoms with Gasteiger partial charge < -0.3 is 16.3 Å². The average Bonchev–Trinajstić information content (AvgIpc) is 2.71. The van der Waals surface area contributed by atoms with Crippen LogP contribution in [-0.2, 0) is 17.1 Å². The number of anilines is 1. The van der Waals surface area contributed by atoms with Gasteiger partial charge in [-0.15, -0.1) is 10.2 Å². The number of nitrogen functional groups attached to an aromatic ring is 2. The van der Waals surface area contributed by atoms with Crippen LogP contribution in [-0.4, -0.2) is 22.0 Å². The zero-order valence-corrected chi connectivity index (χ0v) is 10.9. The van der Waals surface area contributed by atoms with Crippen molar-refractivity contribution in [3.63, 3.8) is 0 Å². The molecule has 0 saturated carbocycles. The number of thioether (sulfide) groups is 1. The summed E-state index contributed by atoms with van der Waals surface area (Å²) in [6, 6.07) is 7.71. The molecule has 2 aromatic rings. The van der Waals surface area contributed by atoms with Gasteiger partial charge >= 0.3 is 0 Å². The standard InChI is InChI=1S/C11H15N5OS/c1-17-6-10-14-15-11(16(10)13)18-7-8-2-4-9(12)5-3-8/h2-5H,6-7,12-13H2,1H3. The van der Waals surface area contributed by atoms with Gasteiger partial charge in [0, 0.05) is 18.6 Å². The van der Waals surface area contributed by atoms with Crippen LogP contribution in [0.3, 0.4) is 0 Å². The molecule has 1 aromatic heterocycles. The van der Waals surface area contributed by atoms with Gasteiger partial charge in [0.05, 0.1) is 0 Å². The molecule has 4 N–H and O–H groups in total. The zero-order chi connectivity index (χ0) is 13.0. The molecule has 0 radical (unpaired) electrons. The molecule has 0 saturated heterocycles. The van der Waals surface area contributed by atoms with E-state index in [1.807, 2.05) is 24.3 Å². The fourth-order valence-corrected chi connectivity index (χ4v) is 2.23. The van der Waals surface area contributed by atoms with Crippen molar-refractivity contribution in [2.45, 2.75) is 17.5 Å². The van der Waals surface area contributed by atoms with Crippen LogP contribution >= 0.6 is 11.8 Å². The van der Waals surface area contributed by atoms with Crippen molar-refractivity contribution >= 4 is 17.4 Å². The largest absolute Gasteiger partial charge is 0.399 e. The average molecular weight is 265 g/mol. The number of methoxy groups -OCH3 is 1. The molecule has 0 aliphatic heterocycles. The summed E-state index contributed by atoms with van der Waals surface area (Å²) >= 11 is 1.52. The van der Waals surface area contributed by atoms with E-state index in [9.17, 15) is 0 Å². The van der Waals surface area contributed by atoms with Gasteiger partial charge in [-0.1, -0.05) is 23.9 Å². The maximum atomic E-state index is 5.85. The molecular formula is C11H15N5OS. The number of hydrogen-bond acceptors (Lipinski definition) is 6. The Balaban J connectivity index is 1.99. The number of rotatable bonds is 5. The van der Waals surface area contributed by atoms with Crippen LogP contribution in [0, 0.1) is 0 Å². The summed E-state index contributed by atoms with van der Waals surface area (Å²) in [6.45, 7) is 0.353. The molecule has 1 aromatic carbocycles. The highest BCUT2D eigenvalue weighted by Crippen LogP contribution is 2.21. The summed E-state index contributed by atoms with van der Waals surface area (Å²) in [5, 5.41) is 8.63. The Kier molecular flexibility index (Phi) is 4.06. The minimum atomic E-state index is 0.353. The Morgan fingerprint density at radius 1 is 1.28 bits per heavy atom. The maximum absolute atomic E-state index is 5.85. The van der Waals surface area contributed by atoms with Gasteiger partial charge in [0.1, 0.15) is 6.61 Å². The zero-order valence-electron chi connectivity index (χ0n) is 10.0. The normalized spacial score (nSPS) is 10.7. The lowest BCUT2D eigenvalue weighted by molar-refractivity contribution is 0.175. The number of nitrogens with two attached hydrogens (primary N) is 2. The van der Waals surface area contributed by atoms with Crippen molar-refractivity contribution in [2.24, 2.45) is 0 Å². The fourth-order valence-electron chi connectivity index (χ4n) is 1.39. The smallest absolute Gasteiger partial charge is 0.210 e. The highest BCUT2D eigenvalue weighted by atomic mass is 32.2. The Morgan fingerprint density at radius 2 is 2.00 bits per heavy atom. The van der Waals surface area contributed by atoms with Gasteiger partial charge in [0.2, 0.25) is 5.16 Å². The van der Waals surface area contributed by atoms with E-state index in [2.05, 4.69) is 10.2 Å². The van der Waals surface area contributed by atoms with Crippen molar-refractivity contribution in [1.29, 1.82) is 0 Å². The molecule has 6 nitrogen and oxygen atoms in total. The van der Waals surface area contributed by atoms with Gasteiger partial charge in [0.25, 0.3) is 0 Å². The molecule has 96 valence electrons. The molecule has 0 atom stereocenters. The van der Waals surface area contributed by atoms with Crippen molar-refractivity contribution in [3.8, 4) is 0 Å². The Hall–Kier alpha value is -1.73. The predicted molar refractivity (Wildman–Crippen MR) is 71.3 cm³/mol. The van der Waals surface area contributed by atoms with Gasteiger partial charge in [-0.2, -0.15) is 0 Å². The lowest BCUT2D eigenvalue weighted by Gasteiger charge is -2.03. The predicted octanol–water partition coefficient (Wildman–Crippen LogP) is 1.01. The number of hydrogen-bond donors (Lipinski definition) is 2. The minimum Gasteiger partial charge on any atom is -0.399 e. The summed E-state index contributed by atoms with van der Waals surface area (Å²) in [5.74, 6) is 7.22. The lowest BCUT2D eigenvalue weighted by atomic mass is 10.2. The van der Waals surface area contributed by atoms with Gasteiger partial charge in [0.15, 0.2) is 5.82 Å². The third kappa shape index (κ3) is 2.93. The van der Waals surface area contributed by atoms with Crippen LogP contribution in [0.2, 0.25) is 0 Å². The van der Waals surface area contributed by atoms with Gasteiger partial charge in [-0.05, 0) is 17.7 Å². The molecule has 2 rings (SSSR count). The van der Waals surface area contributed by atoms with Gasteiger partial charge in [-0.25, -0.2) is 4.68 Å². The molecule has 0 bridgehead atoms. The second-order valence-corrected chi connectivity index (χ2v) is 4.67. The molecule has 0 aliphatic carbocycles. The molecule has 0 unspecified atom stereocenters. The fraction of sp³-hybridized carbons (Fsp3) is 0.273. The summed E-state index contributed by atoms with van der Waals surface area (Å²) < 4.78 is 6.42.